The van der Waals surface area contributed by atoms with E-state index in [0.717, 1.165) is 17.7 Å². The van der Waals surface area contributed by atoms with Gasteiger partial charge in [-0.2, -0.15) is 0 Å². The van der Waals surface area contributed by atoms with Gasteiger partial charge in [0.15, 0.2) is 17.5 Å². The Labute approximate surface area is 246 Å². The van der Waals surface area contributed by atoms with Gasteiger partial charge in [0, 0.05) is 28.2 Å². The van der Waals surface area contributed by atoms with Gasteiger partial charge in [-0.05, 0) is 49.6 Å². The molecule has 2 unspecified atom stereocenters. The van der Waals surface area contributed by atoms with Crippen molar-refractivity contribution in [3.8, 4) is 6.01 Å². The molecule has 0 saturated heterocycles. The van der Waals surface area contributed by atoms with E-state index < -0.39 is 54.1 Å². The third-order valence-corrected chi connectivity index (χ3v) is 7.48. The van der Waals surface area contributed by atoms with Gasteiger partial charge in [-0.1, -0.05) is 55.5 Å². The van der Waals surface area contributed by atoms with Gasteiger partial charge in [-0.25, -0.2) is 27.9 Å². The molecular formula is C32H29F3N4O4. The number of benzene rings is 3. The van der Waals surface area contributed by atoms with Gasteiger partial charge >= 0.3 is 12.0 Å². The topological polar surface area (TPSA) is 105 Å². The van der Waals surface area contributed by atoms with Crippen molar-refractivity contribution < 1.29 is 32.6 Å². The number of carbonyl (C=O) groups is 2. The number of hydrogen-bond donors (Lipinski definition) is 2. The third-order valence-electron chi connectivity index (χ3n) is 7.48. The van der Waals surface area contributed by atoms with Gasteiger partial charge in [0.05, 0.1) is 13.1 Å². The number of hydrogen-bond acceptors (Lipinski definition) is 6. The van der Waals surface area contributed by atoms with E-state index in [4.69, 9.17) is 4.74 Å². The van der Waals surface area contributed by atoms with Crippen molar-refractivity contribution in [2.45, 2.75) is 45.4 Å². The lowest BCUT2D eigenvalue weighted by molar-refractivity contribution is -0.149. The Morgan fingerprint density at radius 2 is 1.74 bits per heavy atom. The Bertz CT molecular complexity index is 1700. The highest BCUT2D eigenvalue weighted by atomic mass is 19.2. The minimum atomic E-state index is -1.70. The molecule has 1 aliphatic rings. The number of aromatic nitrogens is 2. The molecule has 0 fully saturated rings. The highest BCUT2D eigenvalue weighted by Crippen LogP contribution is 2.43. The smallest absolute Gasteiger partial charge is 0.347 e. The Morgan fingerprint density at radius 3 is 2.44 bits per heavy atom. The predicted octanol–water partition coefficient (Wildman–Crippen LogP) is 4.99. The van der Waals surface area contributed by atoms with Crippen LogP contribution in [0.25, 0.3) is 0 Å². The zero-order valence-electron chi connectivity index (χ0n) is 23.7. The number of carbonyl (C=O) groups excluding carboxylic acids is 1. The van der Waals surface area contributed by atoms with Crippen molar-refractivity contribution in [3.63, 3.8) is 0 Å². The van der Waals surface area contributed by atoms with E-state index in [1.807, 2.05) is 19.1 Å². The molecule has 1 amide bonds. The van der Waals surface area contributed by atoms with Gasteiger partial charge in [0.1, 0.15) is 5.54 Å². The van der Waals surface area contributed by atoms with Gasteiger partial charge in [0.25, 0.3) is 0 Å². The molecule has 0 bridgehead atoms. The fraction of sp³-hybridized carbons (Fsp3) is 0.250. The van der Waals surface area contributed by atoms with Crippen LogP contribution in [-0.2, 0) is 28.1 Å². The highest BCUT2D eigenvalue weighted by molar-refractivity contribution is 5.97. The number of halogens is 3. The molecule has 11 heteroatoms. The van der Waals surface area contributed by atoms with Crippen LogP contribution in [0.2, 0.25) is 0 Å². The Hall–Kier alpha value is -4.77. The van der Waals surface area contributed by atoms with Gasteiger partial charge in [-0.15, -0.1) is 0 Å². The summed E-state index contributed by atoms with van der Waals surface area (Å²) in [6.07, 6.45) is -1.06. The SMILES string of the molecule is CCc1cccc(C2(C(Oc3nc(C)cc(C)n3)C(=O)O)NCC(=O)N(Cc3ccc(F)c(F)c3F)c3ccccc32)c1. The molecule has 2 atom stereocenters. The molecule has 222 valence electrons. The zero-order valence-corrected chi connectivity index (χ0v) is 23.7. The summed E-state index contributed by atoms with van der Waals surface area (Å²) in [5, 5.41) is 13.9. The average molecular weight is 591 g/mol. The van der Waals surface area contributed by atoms with Crippen molar-refractivity contribution in [3.05, 3.63) is 118 Å². The van der Waals surface area contributed by atoms with Crippen molar-refractivity contribution >= 4 is 17.6 Å². The Morgan fingerprint density at radius 1 is 1.02 bits per heavy atom. The van der Waals surface area contributed by atoms with Crippen LogP contribution in [0.5, 0.6) is 6.01 Å². The molecule has 1 aromatic heterocycles. The molecule has 2 N–H and O–H groups in total. The van der Waals surface area contributed by atoms with E-state index in [1.165, 1.54) is 4.90 Å². The number of nitrogens with zero attached hydrogens (tertiary/aromatic N) is 3. The molecule has 3 aromatic carbocycles. The molecule has 8 nitrogen and oxygen atoms in total. The maximum atomic E-state index is 14.8. The molecule has 0 radical (unpaired) electrons. The number of rotatable bonds is 8. The summed E-state index contributed by atoms with van der Waals surface area (Å²) < 4.78 is 48.7. The number of carboxylic acid groups (broad SMARTS) is 1. The number of aryl methyl sites for hydroxylation is 3. The van der Waals surface area contributed by atoms with Crippen molar-refractivity contribution in [1.29, 1.82) is 0 Å². The summed E-state index contributed by atoms with van der Waals surface area (Å²) in [6, 6.07) is 17.2. The number of ether oxygens (including phenoxy) is 1. The third kappa shape index (κ3) is 5.55. The molecule has 0 aliphatic carbocycles. The van der Waals surface area contributed by atoms with E-state index in [-0.39, 0.29) is 17.3 Å². The minimum Gasteiger partial charge on any atom is -0.478 e. The fourth-order valence-corrected chi connectivity index (χ4v) is 5.47. The normalized spacial score (nSPS) is 17.3. The number of nitrogens with one attached hydrogen (secondary N) is 1. The van der Waals surface area contributed by atoms with Crippen LogP contribution in [0.3, 0.4) is 0 Å². The maximum absolute atomic E-state index is 14.8. The average Bonchev–Trinajstić information content (AvgIpc) is 3.10. The fourth-order valence-electron chi connectivity index (χ4n) is 5.47. The second kappa shape index (κ2) is 11.8. The quantitative estimate of drug-likeness (QED) is 0.279. The first-order chi connectivity index (χ1) is 20.5. The van der Waals surface area contributed by atoms with Crippen molar-refractivity contribution in [1.82, 2.24) is 15.3 Å². The van der Waals surface area contributed by atoms with Crippen molar-refractivity contribution in [2.24, 2.45) is 0 Å². The summed E-state index contributed by atoms with van der Waals surface area (Å²) >= 11 is 0. The largest absolute Gasteiger partial charge is 0.478 e. The van der Waals surface area contributed by atoms with Gasteiger partial charge in [0.2, 0.25) is 12.0 Å². The maximum Gasteiger partial charge on any atom is 0.347 e. The van der Waals surface area contributed by atoms with Gasteiger partial charge in [-0.3, -0.25) is 10.1 Å². The monoisotopic (exact) mass is 590 g/mol. The second-order valence-electron chi connectivity index (χ2n) is 10.3. The summed E-state index contributed by atoms with van der Waals surface area (Å²) in [5.74, 6) is -6.33. The lowest BCUT2D eigenvalue weighted by atomic mass is 9.76. The van der Waals surface area contributed by atoms with E-state index in [2.05, 4.69) is 15.3 Å². The van der Waals surface area contributed by atoms with E-state index in [1.54, 1.807) is 56.3 Å². The molecule has 0 saturated carbocycles. The first kappa shape index (κ1) is 29.7. The van der Waals surface area contributed by atoms with Crippen LogP contribution >= 0.6 is 0 Å². The predicted molar refractivity (Wildman–Crippen MR) is 152 cm³/mol. The summed E-state index contributed by atoms with van der Waals surface area (Å²) in [4.78, 5) is 36.6. The van der Waals surface area contributed by atoms with Crippen LogP contribution in [0.4, 0.5) is 18.9 Å². The number of carboxylic acids is 1. The second-order valence-corrected chi connectivity index (χ2v) is 10.3. The first-order valence-corrected chi connectivity index (χ1v) is 13.6. The zero-order chi connectivity index (χ0) is 30.9. The summed E-state index contributed by atoms with van der Waals surface area (Å²) in [7, 11) is 0. The summed E-state index contributed by atoms with van der Waals surface area (Å²) in [5.41, 5.74) is 1.15. The Kier molecular flexibility index (Phi) is 8.19. The van der Waals surface area contributed by atoms with Gasteiger partial charge < -0.3 is 14.7 Å². The molecule has 1 aliphatic heterocycles. The van der Waals surface area contributed by atoms with Crippen LogP contribution in [-0.4, -0.2) is 39.6 Å². The Balaban J connectivity index is 1.75. The van der Waals surface area contributed by atoms with E-state index in [9.17, 15) is 27.9 Å². The lowest BCUT2D eigenvalue weighted by Gasteiger charge is -2.39. The standard InChI is InChI=1S/C32H29F3N4O4/c1-4-20-8-7-9-22(15-20)32(29(30(41)42)43-31-37-18(2)14-19(3)38-31)23-10-5-6-11-25(23)39(26(40)16-36-32)17-21-12-13-24(33)28(35)27(21)34/h5-15,29,36H,4,16-17H2,1-3H3,(H,41,42). The van der Waals surface area contributed by atoms with E-state index >= 15 is 0 Å². The van der Waals surface area contributed by atoms with Crippen LogP contribution < -0.4 is 15.0 Å². The molecule has 43 heavy (non-hydrogen) atoms. The van der Waals surface area contributed by atoms with Crippen LogP contribution in [0.15, 0.2) is 66.7 Å². The van der Waals surface area contributed by atoms with Crippen LogP contribution in [0, 0.1) is 31.3 Å². The summed E-state index contributed by atoms with van der Waals surface area (Å²) in [6.45, 7) is 4.56. The lowest BCUT2D eigenvalue weighted by Crippen LogP contribution is -2.58. The number of fused-ring (bicyclic) bond motifs is 1. The molecule has 4 aromatic rings. The minimum absolute atomic E-state index is 0.161. The highest BCUT2D eigenvalue weighted by Gasteiger charge is 2.52. The molecule has 5 rings (SSSR count). The van der Waals surface area contributed by atoms with E-state index in [0.29, 0.717) is 28.9 Å². The number of para-hydroxylation sites is 1. The van der Waals surface area contributed by atoms with Crippen LogP contribution in [0.1, 0.15) is 40.6 Å². The molecule has 0 spiro atoms. The first-order valence-electron chi connectivity index (χ1n) is 13.6. The number of aliphatic carboxylic acids is 1. The van der Waals surface area contributed by atoms with Crippen molar-refractivity contribution in [2.75, 3.05) is 11.4 Å². The number of amides is 1. The molecule has 2 heterocycles. The number of anilines is 1. The molecular weight excluding hydrogens is 561 g/mol.